The standard InChI is InChI=1S/C19H18F6N2O2/c20-18(21,22)14-6-12(7-15(8-14)19(23,24)25)10-29-11-16(27-9-17(26)28)13-4-2-1-3-5-13/h1-8,16,27H,9-11H2,(H2,26,28)/t16-/m1/s1. The average molecular weight is 420 g/mol. The van der Waals surface area contributed by atoms with E-state index in [1.54, 1.807) is 30.3 Å². The average Bonchev–Trinajstić information content (AvgIpc) is 2.63. The lowest BCUT2D eigenvalue weighted by molar-refractivity contribution is -0.143. The first-order valence-corrected chi connectivity index (χ1v) is 8.39. The lowest BCUT2D eigenvalue weighted by Gasteiger charge is -2.19. The number of hydrogen-bond acceptors (Lipinski definition) is 3. The summed E-state index contributed by atoms with van der Waals surface area (Å²) in [4.78, 5) is 11.0. The van der Waals surface area contributed by atoms with E-state index in [0.717, 1.165) is 0 Å². The minimum absolute atomic E-state index is 0.0602. The first-order chi connectivity index (χ1) is 13.5. The number of primary amides is 1. The fourth-order valence-electron chi connectivity index (χ4n) is 2.58. The van der Waals surface area contributed by atoms with Gasteiger partial charge in [0.25, 0.3) is 0 Å². The quantitative estimate of drug-likeness (QED) is 0.634. The second-order valence-corrected chi connectivity index (χ2v) is 6.24. The summed E-state index contributed by atoms with van der Waals surface area (Å²) in [5, 5.41) is 2.83. The molecule has 158 valence electrons. The van der Waals surface area contributed by atoms with Crippen LogP contribution in [0.5, 0.6) is 0 Å². The van der Waals surface area contributed by atoms with E-state index in [1.165, 1.54) is 0 Å². The molecule has 0 fully saturated rings. The summed E-state index contributed by atoms with van der Waals surface area (Å²) in [6.07, 6.45) is -9.85. The highest BCUT2D eigenvalue weighted by Gasteiger charge is 2.36. The Balaban J connectivity index is 2.15. The molecule has 0 spiro atoms. The Kier molecular flexibility index (Phi) is 7.26. The number of carbonyl (C=O) groups is 1. The molecule has 0 saturated carbocycles. The van der Waals surface area contributed by atoms with Crippen molar-refractivity contribution in [3.8, 4) is 0 Å². The molecule has 0 heterocycles. The van der Waals surface area contributed by atoms with E-state index in [1.807, 2.05) is 0 Å². The van der Waals surface area contributed by atoms with Crippen LogP contribution >= 0.6 is 0 Å². The number of nitrogens with one attached hydrogen (secondary N) is 1. The topological polar surface area (TPSA) is 64.4 Å². The van der Waals surface area contributed by atoms with Gasteiger partial charge in [-0.1, -0.05) is 30.3 Å². The number of benzene rings is 2. The van der Waals surface area contributed by atoms with Gasteiger partial charge in [-0.15, -0.1) is 0 Å². The van der Waals surface area contributed by atoms with Crippen molar-refractivity contribution < 1.29 is 35.9 Å². The van der Waals surface area contributed by atoms with Gasteiger partial charge in [-0.2, -0.15) is 26.3 Å². The molecule has 1 atom stereocenters. The van der Waals surface area contributed by atoms with E-state index in [4.69, 9.17) is 10.5 Å². The number of hydrogen-bond donors (Lipinski definition) is 2. The molecule has 2 rings (SSSR count). The molecule has 4 nitrogen and oxygen atoms in total. The monoisotopic (exact) mass is 420 g/mol. The lowest BCUT2D eigenvalue weighted by atomic mass is 10.0. The van der Waals surface area contributed by atoms with Crippen LogP contribution < -0.4 is 11.1 Å². The number of halogens is 6. The highest BCUT2D eigenvalue weighted by molar-refractivity contribution is 5.75. The van der Waals surface area contributed by atoms with Crippen LogP contribution in [0.1, 0.15) is 28.3 Å². The summed E-state index contributed by atoms with van der Waals surface area (Å²) in [6.45, 7) is -0.756. The van der Waals surface area contributed by atoms with Crippen LogP contribution in [0.25, 0.3) is 0 Å². The van der Waals surface area contributed by atoms with E-state index in [2.05, 4.69) is 5.32 Å². The van der Waals surface area contributed by atoms with Crippen molar-refractivity contribution in [1.82, 2.24) is 5.32 Å². The number of alkyl halides is 6. The molecule has 1 amide bonds. The minimum Gasteiger partial charge on any atom is -0.375 e. The van der Waals surface area contributed by atoms with E-state index >= 15 is 0 Å². The smallest absolute Gasteiger partial charge is 0.375 e. The van der Waals surface area contributed by atoms with Crippen LogP contribution in [0, 0.1) is 0 Å². The van der Waals surface area contributed by atoms with E-state index in [9.17, 15) is 31.1 Å². The zero-order valence-corrected chi connectivity index (χ0v) is 15.0. The van der Waals surface area contributed by atoms with Crippen molar-refractivity contribution in [2.75, 3.05) is 13.2 Å². The van der Waals surface area contributed by atoms with Crippen LogP contribution in [0.3, 0.4) is 0 Å². The first-order valence-electron chi connectivity index (χ1n) is 8.39. The van der Waals surface area contributed by atoms with Gasteiger partial charge in [0, 0.05) is 0 Å². The highest BCUT2D eigenvalue weighted by Crippen LogP contribution is 2.36. The Morgan fingerprint density at radius 2 is 1.52 bits per heavy atom. The van der Waals surface area contributed by atoms with Gasteiger partial charge in [-0.05, 0) is 29.3 Å². The second-order valence-electron chi connectivity index (χ2n) is 6.24. The Hall–Kier alpha value is -2.59. The third-order valence-electron chi connectivity index (χ3n) is 3.93. The van der Waals surface area contributed by atoms with Gasteiger partial charge >= 0.3 is 12.4 Å². The number of rotatable bonds is 8. The summed E-state index contributed by atoms with van der Waals surface area (Å²) >= 11 is 0. The zero-order chi connectivity index (χ0) is 21.7. The summed E-state index contributed by atoms with van der Waals surface area (Å²) in [6, 6.07) is 9.45. The van der Waals surface area contributed by atoms with Gasteiger partial charge in [0.1, 0.15) is 0 Å². The zero-order valence-electron chi connectivity index (χ0n) is 15.0. The van der Waals surface area contributed by atoms with Crippen LogP contribution in [0.2, 0.25) is 0 Å². The molecule has 3 N–H and O–H groups in total. The summed E-state index contributed by atoms with van der Waals surface area (Å²) in [7, 11) is 0. The van der Waals surface area contributed by atoms with Gasteiger partial charge in [0.2, 0.25) is 5.91 Å². The molecule has 0 unspecified atom stereocenters. The van der Waals surface area contributed by atoms with E-state index < -0.39 is 42.0 Å². The minimum atomic E-state index is -4.92. The molecule has 0 saturated heterocycles. The summed E-state index contributed by atoms with van der Waals surface area (Å²) in [5.41, 5.74) is 2.73. The Labute approximate surface area is 162 Å². The van der Waals surface area contributed by atoms with Gasteiger partial charge < -0.3 is 10.5 Å². The van der Waals surface area contributed by atoms with Gasteiger partial charge in [0.05, 0.1) is 36.9 Å². The molecular weight excluding hydrogens is 402 g/mol. The maximum Gasteiger partial charge on any atom is 0.416 e. The summed E-state index contributed by atoms with van der Waals surface area (Å²) < 4.78 is 82.9. The van der Waals surface area contributed by atoms with Crippen LogP contribution in [0.4, 0.5) is 26.3 Å². The van der Waals surface area contributed by atoms with Crippen molar-refractivity contribution in [3.05, 3.63) is 70.8 Å². The highest BCUT2D eigenvalue weighted by atomic mass is 19.4. The summed E-state index contributed by atoms with van der Waals surface area (Å²) in [5.74, 6) is -0.626. The molecule has 0 bridgehead atoms. The normalized spacial score (nSPS) is 13.3. The number of nitrogens with two attached hydrogens (primary N) is 1. The molecule has 0 aliphatic carbocycles. The predicted octanol–water partition coefficient (Wildman–Crippen LogP) is 4.06. The van der Waals surface area contributed by atoms with Crippen molar-refractivity contribution in [2.24, 2.45) is 5.73 Å². The predicted molar refractivity (Wildman–Crippen MR) is 92.5 cm³/mol. The van der Waals surface area contributed by atoms with E-state index in [0.29, 0.717) is 17.7 Å². The van der Waals surface area contributed by atoms with Crippen LogP contribution in [0.15, 0.2) is 48.5 Å². The third kappa shape index (κ3) is 7.06. The van der Waals surface area contributed by atoms with Gasteiger partial charge in [-0.25, -0.2) is 0 Å². The molecule has 0 aliphatic heterocycles. The molecular formula is C19H18F6N2O2. The van der Waals surface area contributed by atoms with Crippen molar-refractivity contribution in [1.29, 1.82) is 0 Å². The van der Waals surface area contributed by atoms with Gasteiger partial charge in [-0.3, -0.25) is 10.1 Å². The Morgan fingerprint density at radius 1 is 0.966 bits per heavy atom. The van der Waals surface area contributed by atoms with Crippen molar-refractivity contribution in [3.63, 3.8) is 0 Å². The van der Waals surface area contributed by atoms with Gasteiger partial charge in [0.15, 0.2) is 0 Å². The Bertz CT molecular complexity index is 789. The second kappa shape index (κ2) is 9.27. The number of ether oxygens (including phenoxy) is 1. The molecule has 29 heavy (non-hydrogen) atoms. The molecule has 0 aliphatic rings. The largest absolute Gasteiger partial charge is 0.416 e. The molecule has 2 aromatic carbocycles. The molecule has 0 radical (unpaired) electrons. The fourth-order valence-corrected chi connectivity index (χ4v) is 2.58. The third-order valence-corrected chi connectivity index (χ3v) is 3.93. The number of amides is 1. The lowest BCUT2D eigenvalue weighted by Crippen LogP contribution is -2.33. The van der Waals surface area contributed by atoms with E-state index in [-0.39, 0.29) is 24.8 Å². The maximum absolute atomic E-state index is 12.9. The molecule has 2 aromatic rings. The first kappa shape index (κ1) is 22.7. The SMILES string of the molecule is NC(=O)CN[C@H](COCc1cc(C(F)(F)F)cc(C(F)(F)F)c1)c1ccccc1. The maximum atomic E-state index is 12.9. The Morgan fingerprint density at radius 3 is 2.00 bits per heavy atom. The van der Waals surface area contributed by atoms with Crippen molar-refractivity contribution >= 4 is 5.91 Å². The van der Waals surface area contributed by atoms with Crippen molar-refractivity contribution in [2.45, 2.75) is 25.0 Å². The number of carbonyl (C=O) groups excluding carboxylic acids is 1. The molecule has 10 heteroatoms. The fraction of sp³-hybridized carbons (Fsp3) is 0.316. The van der Waals surface area contributed by atoms with Crippen LogP contribution in [-0.2, 0) is 28.5 Å². The van der Waals surface area contributed by atoms with Crippen LogP contribution in [-0.4, -0.2) is 19.1 Å². The molecule has 0 aromatic heterocycles.